The van der Waals surface area contributed by atoms with E-state index < -0.39 is 0 Å². The van der Waals surface area contributed by atoms with Gasteiger partial charge in [0, 0.05) is 6.54 Å². The Morgan fingerprint density at radius 1 is 0.654 bits per heavy atom. The van der Waals surface area contributed by atoms with Crippen LogP contribution in [0.25, 0.3) is 0 Å². The molecular formula is C23H41N3. The molecule has 0 unspecified atom stereocenters. The summed E-state index contributed by atoms with van der Waals surface area (Å²) in [6, 6.07) is 0. The van der Waals surface area contributed by atoms with Crippen molar-refractivity contribution in [3.05, 3.63) is 11.9 Å². The summed E-state index contributed by atoms with van der Waals surface area (Å²) in [6.45, 7) is 1.11. The van der Waals surface area contributed by atoms with Gasteiger partial charge >= 0.3 is 0 Å². The first-order valence-corrected chi connectivity index (χ1v) is 11.8. The smallest absolute Gasteiger partial charge is 0.0725 e. The van der Waals surface area contributed by atoms with Crippen LogP contribution in [-0.4, -0.2) is 15.0 Å². The number of aromatic nitrogens is 3. The molecule has 0 spiro atoms. The van der Waals surface area contributed by atoms with Gasteiger partial charge in [0.25, 0.3) is 0 Å². The van der Waals surface area contributed by atoms with Crippen molar-refractivity contribution in [2.75, 3.05) is 0 Å². The van der Waals surface area contributed by atoms with E-state index in [1.807, 2.05) is 0 Å². The van der Waals surface area contributed by atoms with Crippen LogP contribution >= 0.6 is 0 Å². The SMILES string of the molecule is c1nnn(CC2CCCCCCCC2)c1CC1CCCCCCCCC1. The lowest BCUT2D eigenvalue weighted by Crippen LogP contribution is -2.17. The third-order valence-corrected chi connectivity index (χ3v) is 6.83. The molecule has 1 aromatic rings. The first-order chi connectivity index (χ1) is 12.9. The third-order valence-electron chi connectivity index (χ3n) is 6.83. The highest BCUT2D eigenvalue weighted by Crippen LogP contribution is 2.26. The molecule has 26 heavy (non-hydrogen) atoms. The Morgan fingerprint density at radius 3 is 1.65 bits per heavy atom. The van der Waals surface area contributed by atoms with Crippen LogP contribution in [0.5, 0.6) is 0 Å². The van der Waals surface area contributed by atoms with Gasteiger partial charge in [-0.25, -0.2) is 4.68 Å². The summed E-state index contributed by atoms with van der Waals surface area (Å²) in [6.07, 6.45) is 27.6. The molecule has 0 radical (unpaired) electrons. The van der Waals surface area contributed by atoms with Crippen molar-refractivity contribution >= 4 is 0 Å². The lowest BCUT2D eigenvalue weighted by molar-refractivity contribution is 0.334. The second-order valence-corrected chi connectivity index (χ2v) is 9.09. The van der Waals surface area contributed by atoms with E-state index in [2.05, 4.69) is 21.2 Å². The molecule has 3 rings (SSSR count). The van der Waals surface area contributed by atoms with Gasteiger partial charge in [0.05, 0.1) is 11.9 Å². The summed E-state index contributed by atoms with van der Waals surface area (Å²) in [7, 11) is 0. The van der Waals surface area contributed by atoms with Crippen LogP contribution in [0, 0.1) is 11.8 Å². The van der Waals surface area contributed by atoms with Gasteiger partial charge in [0.2, 0.25) is 0 Å². The van der Waals surface area contributed by atoms with Crippen LogP contribution in [0.3, 0.4) is 0 Å². The van der Waals surface area contributed by atoms with E-state index in [1.165, 1.54) is 121 Å². The average Bonchev–Trinajstić information content (AvgIpc) is 3.13. The van der Waals surface area contributed by atoms with Gasteiger partial charge in [0.15, 0.2) is 0 Å². The largest absolute Gasteiger partial charge is 0.249 e. The molecule has 0 N–H and O–H groups in total. The van der Waals surface area contributed by atoms with Crippen LogP contribution in [0.15, 0.2) is 6.20 Å². The number of rotatable bonds is 4. The molecule has 3 nitrogen and oxygen atoms in total. The van der Waals surface area contributed by atoms with E-state index in [4.69, 9.17) is 0 Å². The number of hydrogen-bond acceptors (Lipinski definition) is 2. The molecule has 2 aliphatic rings. The molecular weight excluding hydrogens is 318 g/mol. The zero-order valence-corrected chi connectivity index (χ0v) is 17.0. The highest BCUT2D eigenvalue weighted by atomic mass is 15.4. The van der Waals surface area contributed by atoms with Crippen molar-refractivity contribution in [3.63, 3.8) is 0 Å². The number of hydrogen-bond donors (Lipinski definition) is 0. The Hall–Kier alpha value is -0.860. The van der Waals surface area contributed by atoms with Gasteiger partial charge in [-0.05, 0) is 31.1 Å². The second-order valence-electron chi connectivity index (χ2n) is 9.09. The fraction of sp³-hybridized carbons (Fsp3) is 0.913. The molecule has 1 heterocycles. The van der Waals surface area contributed by atoms with Crippen molar-refractivity contribution in [1.29, 1.82) is 0 Å². The Labute approximate surface area is 161 Å². The summed E-state index contributed by atoms with van der Waals surface area (Å²) in [5.74, 6) is 1.67. The summed E-state index contributed by atoms with van der Waals surface area (Å²) < 4.78 is 2.28. The summed E-state index contributed by atoms with van der Waals surface area (Å²) in [5, 5.41) is 8.80. The quantitative estimate of drug-likeness (QED) is 0.598. The minimum absolute atomic E-state index is 0.817. The molecule has 2 saturated carbocycles. The van der Waals surface area contributed by atoms with Crippen molar-refractivity contribution in [2.45, 2.75) is 122 Å². The average molecular weight is 360 g/mol. The molecule has 0 atom stereocenters. The van der Waals surface area contributed by atoms with Crippen LogP contribution < -0.4 is 0 Å². The predicted molar refractivity (Wildman–Crippen MR) is 109 cm³/mol. The molecule has 2 aliphatic carbocycles. The molecule has 0 bridgehead atoms. The van der Waals surface area contributed by atoms with E-state index in [0.29, 0.717) is 0 Å². The topological polar surface area (TPSA) is 30.7 Å². The Kier molecular flexibility index (Phi) is 9.00. The maximum Gasteiger partial charge on any atom is 0.0725 e. The van der Waals surface area contributed by atoms with Gasteiger partial charge in [-0.15, -0.1) is 5.10 Å². The van der Waals surface area contributed by atoms with Crippen LogP contribution in [0.1, 0.15) is 115 Å². The summed E-state index contributed by atoms with van der Waals surface area (Å²) in [5.41, 5.74) is 1.41. The zero-order valence-electron chi connectivity index (χ0n) is 17.0. The maximum atomic E-state index is 4.50. The van der Waals surface area contributed by atoms with Gasteiger partial charge < -0.3 is 0 Å². The molecule has 0 aliphatic heterocycles. The normalized spacial score (nSPS) is 23.1. The summed E-state index contributed by atoms with van der Waals surface area (Å²) in [4.78, 5) is 0. The van der Waals surface area contributed by atoms with E-state index in [0.717, 1.165) is 18.4 Å². The van der Waals surface area contributed by atoms with Crippen LogP contribution in [0.2, 0.25) is 0 Å². The Bertz CT molecular complexity index is 462. The van der Waals surface area contributed by atoms with Gasteiger partial charge in [0.1, 0.15) is 0 Å². The molecule has 0 amide bonds. The third kappa shape index (κ3) is 7.04. The minimum atomic E-state index is 0.817. The van der Waals surface area contributed by atoms with Crippen LogP contribution in [-0.2, 0) is 13.0 Å². The lowest BCUT2D eigenvalue weighted by atomic mass is 9.89. The van der Waals surface area contributed by atoms with E-state index in [-0.39, 0.29) is 0 Å². The molecule has 2 fully saturated rings. The van der Waals surface area contributed by atoms with Crippen molar-refractivity contribution < 1.29 is 0 Å². The molecule has 0 saturated heterocycles. The zero-order chi connectivity index (χ0) is 17.9. The number of nitrogens with zero attached hydrogens (tertiary/aromatic N) is 3. The van der Waals surface area contributed by atoms with E-state index in [1.54, 1.807) is 0 Å². The lowest BCUT2D eigenvalue weighted by Gasteiger charge is -2.20. The van der Waals surface area contributed by atoms with Gasteiger partial charge in [-0.1, -0.05) is 102 Å². The van der Waals surface area contributed by atoms with Gasteiger partial charge in [-0.2, -0.15) is 0 Å². The van der Waals surface area contributed by atoms with Crippen molar-refractivity contribution in [1.82, 2.24) is 15.0 Å². The molecule has 0 aromatic carbocycles. The van der Waals surface area contributed by atoms with Gasteiger partial charge in [-0.3, -0.25) is 0 Å². The van der Waals surface area contributed by atoms with E-state index in [9.17, 15) is 0 Å². The highest BCUT2D eigenvalue weighted by molar-refractivity contribution is 4.96. The monoisotopic (exact) mass is 359 g/mol. The molecule has 1 aromatic heterocycles. The summed E-state index contributed by atoms with van der Waals surface area (Å²) >= 11 is 0. The Balaban J connectivity index is 1.54. The van der Waals surface area contributed by atoms with Crippen LogP contribution in [0.4, 0.5) is 0 Å². The molecule has 3 heteroatoms. The highest BCUT2D eigenvalue weighted by Gasteiger charge is 2.17. The Morgan fingerprint density at radius 2 is 1.12 bits per heavy atom. The first kappa shape index (κ1) is 19.9. The van der Waals surface area contributed by atoms with Crippen molar-refractivity contribution in [2.24, 2.45) is 11.8 Å². The fourth-order valence-electron chi connectivity index (χ4n) is 5.13. The van der Waals surface area contributed by atoms with Crippen molar-refractivity contribution in [3.8, 4) is 0 Å². The van der Waals surface area contributed by atoms with E-state index >= 15 is 0 Å². The predicted octanol–water partition coefficient (Wildman–Crippen LogP) is 6.71. The minimum Gasteiger partial charge on any atom is -0.249 e. The first-order valence-electron chi connectivity index (χ1n) is 11.8. The maximum absolute atomic E-state index is 4.50. The fourth-order valence-corrected chi connectivity index (χ4v) is 5.13. The molecule has 148 valence electrons. The standard InChI is InChI=1S/C23H41N3/c1-2-6-10-14-21(15-11-7-3-1)18-23-19-24-25-26(23)20-22-16-12-8-4-5-9-13-17-22/h19,21-22H,1-18,20H2. The second kappa shape index (κ2) is 11.8.